The van der Waals surface area contributed by atoms with Crippen LogP contribution >= 0.6 is 0 Å². The van der Waals surface area contributed by atoms with E-state index >= 15 is 0 Å². The highest BCUT2D eigenvalue weighted by Crippen LogP contribution is 2.43. The SMILES string of the molecule is CCCCN(CCCN(C)C)C(=O)CN1C[C@H](c2ccc3c(c2)OCO3)C(C(=O)O)[C@@H]1CCc1ccncn1. The number of carbonyl (C=O) groups is 2. The number of hydrogen-bond donors (Lipinski definition) is 1. The number of unbranched alkanes of at least 4 members (excludes halogenated alkanes) is 1. The Bertz CT molecular complexity index is 1100. The summed E-state index contributed by atoms with van der Waals surface area (Å²) in [5.41, 5.74) is 1.75. The predicted octanol–water partition coefficient (Wildman–Crippen LogP) is 2.89. The Hall–Kier alpha value is -3.24. The first-order valence-corrected chi connectivity index (χ1v) is 13.9. The zero-order valence-electron chi connectivity index (χ0n) is 23.3. The standard InChI is InChI=1S/C29H41N5O5/c1-4-5-14-33(15-6-13-32(2)3)27(35)18-34-17-23(21-7-10-25-26(16-21)39-20-38-25)28(29(36)37)24(34)9-8-22-11-12-30-19-31-22/h7,10-12,16,19,23-24,28H,4-6,8-9,13-15,17-18,20H2,1-3H3,(H,36,37)/t23-,24+,28?/m1/s1. The van der Waals surface area contributed by atoms with Crippen LogP contribution in [0, 0.1) is 5.92 Å². The van der Waals surface area contributed by atoms with Gasteiger partial charge in [-0.2, -0.15) is 0 Å². The number of ether oxygens (including phenoxy) is 2. The molecule has 1 N–H and O–H groups in total. The summed E-state index contributed by atoms with van der Waals surface area (Å²) in [5, 5.41) is 10.4. The van der Waals surface area contributed by atoms with Crippen LogP contribution in [0.2, 0.25) is 0 Å². The molecule has 3 atom stereocenters. The fourth-order valence-corrected chi connectivity index (χ4v) is 5.66. The van der Waals surface area contributed by atoms with Crippen LogP contribution in [0.1, 0.15) is 49.8 Å². The van der Waals surface area contributed by atoms with E-state index in [2.05, 4.69) is 26.7 Å². The number of aromatic nitrogens is 2. The molecule has 3 heterocycles. The normalized spacial score (nSPS) is 20.5. The Morgan fingerprint density at radius 2 is 1.90 bits per heavy atom. The summed E-state index contributed by atoms with van der Waals surface area (Å²) in [6.45, 7) is 5.30. The quantitative estimate of drug-likeness (QED) is 0.388. The van der Waals surface area contributed by atoms with Crippen molar-refractivity contribution in [2.45, 2.75) is 51.0 Å². The van der Waals surface area contributed by atoms with Crippen LogP contribution in [0.15, 0.2) is 36.8 Å². The van der Waals surface area contributed by atoms with E-state index in [1.807, 2.05) is 43.3 Å². The van der Waals surface area contributed by atoms with E-state index in [0.717, 1.165) is 43.6 Å². The van der Waals surface area contributed by atoms with Gasteiger partial charge in [-0.05, 0) is 70.1 Å². The predicted molar refractivity (Wildman–Crippen MR) is 147 cm³/mol. The Kier molecular flexibility index (Phi) is 10.1. The summed E-state index contributed by atoms with van der Waals surface area (Å²) in [6, 6.07) is 7.21. The molecule has 2 aliphatic rings. The van der Waals surface area contributed by atoms with Crippen molar-refractivity contribution < 1.29 is 24.2 Å². The van der Waals surface area contributed by atoms with Crippen LogP contribution in [0.4, 0.5) is 0 Å². The van der Waals surface area contributed by atoms with Gasteiger partial charge < -0.3 is 24.4 Å². The van der Waals surface area contributed by atoms with Crippen molar-refractivity contribution in [2.75, 3.05) is 53.6 Å². The number of aryl methyl sites for hydroxylation is 1. The second-order valence-corrected chi connectivity index (χ2v) is 10.7. The molecule has 0 spiro atoms. The number of amides is 1. The van der Waals surface area contributed by atoms with E-state index in [9.17, 15) is 14.7 Å². The van der Waals surface area contributed by atoms with E-state index in [1.165, 1.54) is 6.33 Å². The highest BCUT2D eigenvalue weighted by molar-refractivity contribution is 5.79. The molecule has 0 saturated carbocycles. The number of hydrogen-bond acceptors (Lipinski definition) is 8. The minimum atomic E-state index is -0.853. The molecule has 0 bridgehead atoms. The lowest BCUT2D eigenvalue weighted by molar-refractivity contribution is -0.143. The van der Waals surface area contributed by atoms with Crippen LogP contribution in [0.25, 0.3) is 0 Å². The smallest absolute Gasteiger partial charge is 0.308 e. The molecule has 0 radical (unpaired) electrons. The molecule has 1 aromatic carbocycles. The summed E-state index contributed by atoms with van der Waals surface area (Å²) >= 11 is 0. The van der Waals surface area contributed by atoms with Gasteiger partial charge in [0.15, 0.2) is 11.5 Å². The number of rotatable bonds is 14. The number of benzene rings is 1. The van der Waals surface area contributed by atoms with E-state index in [0.29, 0.717) is 37.4 Å². The molecule has 10 nitrogen and oxygen atoms in total. The molecule has 1 unspecified atom stereocenters. The first-order valence-electron chi connectivity index (χ1n) is 13.9. The monoisotopic (exact) mass is 539 g/mol. The molecule has 1 saturated heterocycles. The minimum Gasteiger partial charge on any atom is -0.481 e. The first kappa shape index (κ1) is 28.8. The van der Waals surface area contributed by atoms with Gasteiger partial charge in [0.25, 0.3) is 0 Å². The van der Waals surface area contributed by atoms with Crippen LogP contribution in [-0.2, 0) is 16.0 Å². The van der Waals surface area contributed by atoms with Gasteiger partial charge in [0.2, 0.25) is 12.7 Å². The Morgan fingerprint density at radius 1 is 1.10 bits per heavy atom. The third kappa shape index (κ3) is 7.45. The summed E-state index contributed by atoms with van der Waals surface area (Å²) in [5.74, 6) is -0.440. The van der Waals surface area contributed by atoms with Crippen molar-refractivity contribution in [3.05, 3.63) is 48.0 Å². The average Bonchev–Trinajstić information content (AvgIpc) is 3.54. The molecule has 10 heteroatoms. The summed E-state index contributed by atoms with van der Waals surface area (Å²) < 4.78 is 11.0. The zero-order valence-corrected chi connectivity index (χ0v) is 23.3. The second-order valence-electron chi connectivity index (χ2n) is 10.7. The van der Waals surface area contributed by atoms with Crippen LogP contribution in [0.3, 0.4) is 0 Å². The largest absolute Gasteiger partial charge is 0.481 e. The fraction of sp³-hybridized carbons (Fsp3) is 0.586. The van der Waals surface area contributed by atoms with E-state index in [-0.39, 0.29) is 31.2 Å². The molecule has 2 aromatic rings. The maximum Gasteiger partial charge on any atom is 0.308 e. The fourth-order valence-electron chi connectivity index (χ4n) is 5.66. The number of carboxylic acids is 1. The van der Waals surface area contributed by atoms with Gasteiger partial charge >= 0.3 is 5.97 Å². The molecule has 1 aromatic heterocycles. The van der Waals surface area contributed by atoms with Gasteiger partial charge in [-0.1, -0.05) is 19.4 Å². The van der Waals surface area contributed by atoms with E-state index in [1.54, 1.807) is 6.20 Å². The number of fused-ring (bicyclic) bond motifs is 1. The molecule has 0 aliphatic carbocycles. The van der Waals surface area contributed by atoms with Gasteiger partial charge in [-0.25, -0.2) is 9.97 Å². The minimum absolute atomic E-state index is 0.0599. The van der Waals surface area contributed by atoms with Crippen LogP contribution in [0.5, 0.6) is 11.5 Å². The molecule has 1 amide bonds. The summed E-state index contributed by atoms with van der Waals surface area (Å²) in [7, 11) is 4.07. The third-order valence-electron chi connectivity index (χ3n) is 7.70. The highest BCUT2D eigenvalue weighted by atomic mass is 16.7. The van der Waals surface area contributed by atoms with Crippen molar-refractivity contribution in [2.24, 2.45) is 5.92 Å². The third-order valence-corrected chi connectivity index (χ3v) is 7.70. The topological polar surface area (TPSA) is 108 Å². The zero-order chi connectivity index (χ0) is 27.8. The Morgan fingerprint density at radius 3 is 2.62 bits per heavy atom. The van der Waals surface area contributed by atoms with Crippen molar-refractivity contribution in [1.29, 1.82) is 0 Å². The second kappa shape index (κ2) is 13.7. The Labute approximate surface area is 230 Å². The van der Waals surface area contributed by atoms with Gasteiger partial charge in [0.05, 0.1) is 12.5 Å². The average molecular weight is 540 g/mol. The molecule has 4 rings (SSSR count). The lowest BCUT2D eigenvalue weighted by atomic mass is 9.83. The maximum absolute atomic E-state index is 13.6. The highest BCUT2D eigenvalue weighted by Gasteiger charge is 2.47. The maximum atomic E-state index is 13.6. The summed E-state index contributed by atoms with van der Waals surface area (Å²) in [6.07, 6.45) is 7.25. The van der Waals surface area contributed by atoms with Crippen molar-refractivity contribution in [3.8, 4) is 11.5 Å². The van der Waals surface area contributed by atoms with Gasteiger partial charge in [0.1, 0.15) is 6.33 Å². The van der Waals surface area contributed by atoms with Gasteiger partial charge in [-0.3, -0.25) is 14.5 Å². The van der Waals surface area contributed by atoms with Gasteiger partial charge in [-0.15, -0.1) is 0 Å². The van der Waals surface area contributed by atoms with Crippen molar-refractivity contribution in [1.82, 2.24) is 24.7 Å². The number of carboxylic acid groups (broad SMARTS) is 1. The molecule has 39 heavy (non-hydrogen) atoms. The number of carbonyl (C=O) groups excluding carboxylic acids is 1. The van der Waals surface area contributed by atoms with E-state index < -0.39 is 11.9 Å². The van der Waals surface area contributed by atoms with Crippen molar-refractivity contribution >= 4 is 11.9 Å². The molecular formula is C29H41N5O5. The molecular weight excluding hydrogens is 498 g/mol. The summed E-state index contributed by atoms with van der Waals surface area (Å²) in [4.78, 5) is 40.9. The lowest BCUT2D eigenvalue weighted by Gasteiger charge is -2.30. The van der Waals surface area contributed by atoms with Gasteiger partial charge in [0, 0.05) is 43.5 Å². The molecule has 1 fully saturated rings. The molecule has 2 aliphatic heterocycles. The number of aliphatic carboxylic acids is 1. The number of likely N-dealkylation sites (tertiary alicyclic amines) is 1. The van der Waals surface area contributed by atoms with Crippen LogP contribution in [-0.4, -0.2) is 101 Å². The lowest BCUT2D eigenvalue weighted by Crippen LogP contribution is -2.45. The molecule has 212 valence electrons. The first-order chi connectivity index (χ1) is 18.9. The van der Waals surface area contributed by atoms with Crippen molar-refractivity contribution in [3.63, 3.8) is 0 Å². The van der Waals surface area contributed by atoms with E-state index in [4.69, 9.17) is 9.47 Å². The number of nitrogens with zero attached hydrogens (tertiary/aromatic N) is 5. The Balaban J connectivity index is 1.56. The van der Waals surface area contributed by atoms with Crippen LogP contribution < -0.4 is 9.47 Å².